The third kappa shape index (κ3) is 3.67. The van der Waals surface area contributed by atoms with Gasteiger partial charge in [0, 0.05) is 30.9 Å². The zero-order valence-corrected chi connectivity index (χ0v) is 14.6. The first-order valence-corrected chi connectivity index (χ1v) is 8.54. The Hall–Kier alpha value is -2.14. The number of ether oxygens (including phenoxy) is 1. The van der Waals surface area contributed by atoms with Gasteiger partial charge in [-0.3, -0.25) is 9.48 Å². The number of carbonyl (C=O) groups is 1. The van der Waals surface area contributed by atoms with E-state index >= 15 is 0 Å². The highest BCUT2D eigenvalue weighted by Gasteiger charge is 2.31. The maximum Gasteiger partial charge on any atom is 0.254 e. The zero-order valence-electron chi connectivity index (χ0n) is 14.6. The fourth-order valence-electron chi connectivity index (χ4n) is 3.14. The molecule has 1 saturated heterocycles. The van der Waals surface area contributed by atoms with Crippen LogP contribution in [0.4, 0.5) is 0 Å². The molecular weight excluding hydrogens is 302 g/mol. The number of hydrogen-bond acceptors (Lipinski definition) is 3. The summed E-state index contributed by atoms with van der Waals surface area (Å²) in [6, 6.07) is 7.89. The summed E-state index contributed by atoms with van der Waals surface area (Å²) in [6.07, 6.45) is 6.10. The highest BCUT2D eigenvalue weighted by molar-refractivity contribution is 5.94. The number of amides is 1. The Morgan fingerprint density at radius 1 is 1.33 bits per heavy atom. The van der Waals surface area contributed by atoms with Gasteiger partial charge in [0.15, 0.2) is 0 Å². The van der Waals surface area contributed by atoms with Gasteiger partial charge in [-0.15, -0.1) is 0 Å². The number of aryl methyl sites for hydroxylation is 1. The van der Waals surface area contributed by atoms with E-state index in [2.05, 4.69) is 5.10 Å². The fraction of sp³-hybridized carbons (Fsp3) is 0.474. The van der Waals surface area contributed by atoms with E-state index in [-0.39, 0.29) is 18.1 Å². The Morgan fingerprint density at radius 2 is 2.08 bits per heavy atom. The Balaban J connectivity index is 1.71. The first-order chi connectivity index (χ1) is 11.5. The lowest BCUT2D eigenvalue weighted by Gasteiger charge is -2.24. The SMILES string of the molecule is CC(C)OCc1ccc(C(=O)N2CCCC2c2cnn(C)c2)cc1. The molecule has 0 spiro atoms. The molecule has 1 aliphatic heterocycles. The largest absolute Gasteiger partial charge is 0.374 e. The topological polar surface area (TPSA) is 47.4 Å². The number of carbonyl (C=O) groups excluding carboxylic acids is 1. The molecule has 5 nitrogen and oxygen atoms in total. The molecule has 1 amide bonds. The number of rotatable bonds is 5. The molecule has 1 unspecified atom stereocenters. The van der Waals surface area contributed by atoms with Crippen LogP contribution < -0.4 is 0 Å². The average molecular weight is 327 g/mol. The molecule has 5 heteroatoms. The second-order valence-corrected chi connectivity index (χ2v) is 6.66. The monoisotopic (exact) mass is 327 g/mol. The number of benzene rings is 1. The van der Waals surface area contributed by atoms with Crippen LogP contribution in [-0.2, 0) is 18.4 Å². The summed E-state index contributed by atoms with van der Waals surface area (Å²) in [6.45, 7) is 5.42. The lowest BCUT2D eigenvalue weighted by Crippen LogP contribution is -2.30. The molecule has 128 valence electrons. The molecule has 0 radical (unpaired) electrons. The molecule has 3 rings (SSSR count). The van der Waals surface area contributed by atoms with E-state index in [0.29, 0.717) is 6.61 Å². The van der Waals surface area contributed by atoms with Gasteiger partial charge in [-0.1, -0.05) is 12.1 Å². The molecular formula is C19H25N3O2. The van der Waals surface area contributed by atoms with Gasteiger partial charge in [0.1, 0.15) is 0 Å². The number of aromatic nitrogens is 2. The molecule has 0 N–H and O–H groups in total. The molecule has 0 bridgehead atoms. The van der Waals surface area contributed by atoms with Crippen molar-refractivity contribution in [2.24, 2.45) is 7.05 Å². The van der Waals surface area contributed by atoms with Crippen LogP contribution >= 0.6 is 0 Å². The minimum Gasteiger partial charge on any atom is -0.374 e. The number of hydrogen-bond donors (Lipinski definition) is 0. The molecule has 1 aromatic heterocycles. The Kier molecular flexibility index (Phi) is 5.00. The lowest BCUT2D eigenvalue weighted by molar-refractivity contribution is 0.0655. The van der Waals surface area contributed by atoms with E-state index in [1.54, 1.807) is 4.68 Å². The van der Waals surface area contributed by atoms with E-state index in [9.17, 15) is 4.79 Å². The predicted molar refractivity (Wildman–Crippen MR) is 92.6 cm³/mol. The standard InChI is InChI=1S/C19H25N3O2/c1-14(2)24-13-15-6-8-16(9-7-15)19(23)22-10-4-5-18(22)17-11-20-21(3)12-17/h6-9,11-12,14,18H,4-5,10,13H2,1-3H3. The summed E-state index contributed by atoms with van der Waals surface area (Å²) in [4.78, 5) is 14.9. The predicted octanol–water partition coefficient (Wildman–Crippen LogP) is 3.32. The molecule has 0 saturated carbocycles. The smallest absolute Gasteiger partial charge is 0.254 e. The molecule has 2 heterocycles. The second kappa shape index (κ2) is 7.18. The van der Waals surface area contributed by atoms with Crippen molar-refractivity contribution in [3.63, 3.8) is 0 Å². The molecule has 2 aromatic rings. The normalized spacial score (nSPS) is 17.7. The molecule has 24 heavy (non-hydrogen) atoms. The Bertz CT molecular complexity index is 691. The Labute approximate surface area is 143 Å². The quantitative estimate of drug-likeness (QED) is 0.846. The first-order valence-electron chi connectivity index (χ1n) is 8.54. The summed E-state index contributed by atoms with van der Waals surface area (Å²) >= 11 is 0. The summed E-state index contributed by atoms with van der Waals surface area (Å²) in [7, 11) is 1.91. The lowest BCUT2D eigenvalue weighted by atomic mass is 10.1. The maximum atomic E-state index is 12.9. The van der Waals surface area contributed by atoms with E-state index in [1.165, 1.54) is 0 Å². The summed E-state index contributed by atoms with van der Waals surface area (Å²) in [5, 5.41) is 4.24. The van der Waals surface area contributed by atoms with Crippen molar-refractivity contribution in [3.8, 4) is 0 Å². The van der Waals surface area contributed by atoms with Crippen molar-refractivity contribution in [2.45, 2.75) is 45.4 Å². The minimum atomic E-state index is 0.0951. The van der Waals surface area contributed by atoms with Crippen LogP contribution in [0.25, 0.3) is 0 Å². The van der Waals surface area contributed by atoms with Crippen molar-refractivity contribution in [1.29, 1.82) is 0 Å². The summed E-state index contributed by atoms with van der Waals surface area (Å²) < 4.78 is 7.39. The number of likely N-dealkylation sites (tertiary alicyclic amines) is 1. The van der Waals surface area contributed by atoms with E-state index in [1.807, 2.05) is 62.5 Å². The highest BCUT2D eigenvalue weighted by Crippen LogP contribution is 2.32. The van der Waals surface area contributed by atoms with Gasteiger partial charge in [0.2, 0.25) is 0 Å². The van der Waals surface area contributed by atoms with Crippen molar-refractivity contribution >= 4 is 5.91 Å². The van der Waals surface area contributed by atoms with E-state index < -0.39 is 0 Å². The minimum absolute atomic E-state index is 0.0951. The third-order valence-electron chi connectivity index (χ3n) is 4.41. The van der Waals surface area contributed by atoms with Gasteiger partial charge >= 0.3 is 0 Å². The van der Waals surface area contributed by atoms with Gasteiger partial charge in [-0.2, -0.15) is 5.10 Å². The van der Waals surface area contributed by atoms with Crippen molar-refractivity contribution in [1.82, 2.24) is 14.7 Å². The fourth-order valence-corrected chi connectivity index (χ4v) is 3.14. The van der Waals surface area contributed by atoms with Gasteiger partial charge in [0.25, 0.3) is 5.91 Å². The molecule has 1 atom stereocenters. The zero-order chi connectivity index (χ0) is 17.1. The van der Waals surface area contributed by atoms with Crippen LogP contribution in [-0.4, -0.2) is 33.2 Å². The van der Waals surface area contributed by atoms with Crippen molar-refractivity contribution in [2.75, 3.05) is 6.54 Å². The van der Waals surface area contributed by atoms with Crippen LogP contribution in [0.1, 0.15) is 54.2 Å². The van der Waals surface area contributed by atoms with Crippen molar-refractivity contribution < 1.29 is 9.53 Å². The van der Waals surface area contributed by atoms with Gasteiger partial charge in [0.05, 0.1) is 24.9 Å². The van der Waals surface area contributed by atoms with Crippen LogP contribution in [0.5, 0.6) is 0 Å². The Morgan fingerprint density at radius 3 is 2.71 bits per heavy atom. The van der Waals surface area contributed by atoms with E-state index in [0.717, 1.165) is 36.1 Å². The van der Waals surface area contributed by atoms with Gasteiger partial charge in [-0.05, 0) is 44.4 Å². The molecule has 1 aromatic carbocycles. The number of nitrogens with zero attached hydrogens (tertiary/aromatic N) is 3. The molecule has 1 aliphatic rings. The average Bonchev–Trinajstić information content (AvgIpc) is 3.21. The van der Waals surface area contributed by atoms with Crippen LogP contribution in [0, 0.1) is 0 Å². The van der Waals surface area contributed by atoms with Crippen LogP contribution in [0.3, 0.4) is 0 Å². The first kappa shape index (κ1) is 16.7. The van der Waals surface area contributed by atoms with Gasteiger partial charge < -0.3 is 9.64 Å². The van der Waals surface area contributed by atoms with Crippen molar-refractivity contribution in [3.05, 3.63) is 53.3 Å². The third-order valence-corrected chi connectivity index (χ3v) is 4.41. The van der Waals surface area contributed by atoms with Crippen LogP contribution in [0.2, 0.25) is 0 Å². The van der Waals surface area contributed by atoms with Crippen LogP contribution in [0.15, 0.2) is 36.7 Å². The summed E-state index contributed by atoms with van der Waals surface area (Å²) in [5.41, 5.74) is 2.94. The molecule has 0 aliphatic carbocycles. The highest BCUT2D eigenvalue weighted by atomic mass is 16.5. The van der Waals surface area contributed by atoms with Gasteiger partial charge in [-0.25, -0.2) is 0 Å². The molecule has 1 fully saturated rings. The van der Waals surface area contributed by atoms with E-state index in [4.69, 9.17) is 4.74 Å². The summed E-state index contributed by atoms with van der Waals surface area (Å²) in [5.74, 6) is 0.0951. The maximum absolute atomic E-state index is 12.9. The second-order valence-electron chi connectivity index (χ2n) is 6.66.